The second kappa shape index (κ2) is 14.5. The lowest BCUT2D eigenvalue weighted by Crippen LogP contribution is -2.49. The summed E-state index contributed by atoms with van der Waals surface area (Å²) in [5, 5.41) is 11.9. The van der Waals surface area contributed by atoms with E-state index in [4.69, 9.17) is 23.4 Å². The van der Waals surface area contributed by atoms with Gasteiger partial charge in [-0.05, 0) is 66.0 Å². The fourth-order valence-electron chi connectivity index (χ4n) is 6.02. The lowest BCUT2D eigenvalue weighted by Gasteiger charge is -2.40. The predicted octanol–water partition coefficient (Wildman–Crippen LogP) is 5.91. The molecule has 11 heteroatoms. The molecule has 49 heavy (non-hydrogen) atoms. The fourth-order valence-corrected chi connectivity index (χ4v) is 7.37. The van der Waals surface area contributed by atoms with E-state index in [0.717, 1.165) is 16.7 Å². The second-order valence-corrected chi connectivity index (χ2v) is 18.8. The van der Waals surface area contributed by atoms with E-state index in [1.807, 2.05) is 78.9 Å². The van der Waals surface area contributed by atoms with Crippen LogP contribution in [0.1, 0.15) is 55.7 Å². The third kappa shape index (κ3) is 7.46. The normalized spacial score (nSPS) is 19.1. The van der Waals surface area contributed by atoms with Gasteiger partial charge in [-0.15, -0.1) is 0 Å². The van der Waals surface area contributed by atoms with Gasteiger partial charge in [0.15, 0.2) is 8.32 Å². The van der Waals surface area contributed by atoms with Crippen LogP contribution in [0.4, 0.5) is 0 Å². The minimum Gasteiger partial charge on any atom is -0.497 e. The number of aliphatic hydroxyl groups excluding tert-OH is 1. The van der Waals surface area contributed by atoms with Crippen molar-refractivity contribution in [2.75, 3.05) is 20.8 Å². The van der Waals surface area contributed by atoms with E-state index >= 15 is 0 Å². The van der Waals surface area contributed by atoms with Crippen molar-refractivity contribution in [2.45, 2.75) is 82.4 Å². The molecule has 4 aromatic rings. The average molecular weight is 689 g/mol. The highest BCUT2D eigenvalue weighted by molar-refractivity contribution is 6.74. The molecule has 1 fully saturated rings. The standard InChI is InChI=1S/C38H48N2O8Si/c1-25-23-40(36(43)39-35(25)42)33-22-32(48-49(7,8)37(2,3)4)34(47-33)31(41)24-46-38(26-12-10-9-11-13-26,27-14-18-29(44-5)19-15-27)28-16-20-30(45-6)21-17-28/h9-21,23,31-34,41H,22,24H2,1-8H3,(H,39,42,43)/t31?,32-,33+,34+/m0/s1. The molecular formula is C38H48N2O8Si. The third-order valence-corrected chi connectivity index (χ3v) is 14.4. The van der Waals surface area contributed by atoms with Crippen LogP contribution in [0, 0.1) is 6.92 Å². The fraction of sp³-hybridized carbons (Fsp3) is 0.421. The highest BCUT2D eigenvalue weighted by Gasteiger charge is 2.48. The van der Waals surface area contributed by atoms with Gasteiger partial charge in [-0.1, -0.05) is 75.4 Å². The van der Waals surface area contributed by atoms with Crippen LogP contribution >= 0.6 is 0 Å². The van der Waals surface area contributed by atoms with E-state index in [9.17, 15) is 14.7 Å². The summed E-state index contributed by atoms with van der Waals surface area (Å²) in [6, 6.07) is 25.2. The summed E-state index contributed by atoms with van der Waals surface area (Å²) in [5.41, 5.74) is 0.698. The van der Waals surface area contributed by atoms with Gasteiger partial charge in [0.1, 0.15) is 35.5 Å². The minimum atomic E-state index is -2.36. The lowest BCUT2D eigenvalue weighted by atomic mass is 9.80. The van der Waals surface area contributed by atoms with Gasteiger partial charge in [0, 0.05) is 18.2 Å². The van der Waals surface area contributed by atoms with Crippen LogP contribution in [0.25, 0.3) is 0 Å². The topological polar surface area (TPSA) is 121 Å². The maximum atomic E-state index is 12.9. The Morgan fingerprint density at radius 3 is 1.94 bits per heavy atom. The van der Waals surface area contributed by atoms with E-state index in [0.29, 0.717) is 23.5 Å². The number of methoxy groups -OCH3 is 2. The molecule has 0 amide bonds. The van der Waals surface area contributed by atoms with Crippen LogP contribution < -0.4 is 20.7 Å². The quantitative estimate of drug-likeness (QED) is 0.139. The van der Waals surface area contributed by atoms with Crippen molar-refractivity contribution in [1.29, 1.82) is 0 Å². The van der Waals surface area contributed by atoms with Gasteiger partial charge < -0.3 is 28.5 Å². The Labute approximate surface area is 288 Å². The van der Waals surface area contributed by atoms with Gasteiger partial charge >= 0.3 is 5.69 Å². The van der Waals surface area contributed by atoms with Crippen LogP contribution in [0.2, 0.25) is 18.1 Å². The SMILES string of the molecule is COc1ccc(C(OCC(O)[C@H]2O[C@@H](n3cc(C)c(=O)[nH]c3=O)C[C@@H]2O[Si](C)(C)C(C)(C)C)(c2ccccc2)c2ccc(OC)cc2)cc1. The Hall–Kier alpha value is -4.00. The van der Waals surface area contributed by atoms with Gasteiger partial charge in [0.25, 0.3) is 5.56 Å². The molecule has 1 unspecified atom stereocenters. The molecule has 1 aliphatic rings. The summed E-state index contributed by atoms with van der Waals surface area (Å²) < 4.78 is 32.6. The van der Waals surface area contributed by atoms with Crippen molar-refractivity contribution >= 4 is 8.32 Å². The molecule has 1 aliphatic heterocycles. The van der Waals surface area contributed by atoms with E-state index in [2.05, 4.69) is 38.8 Å². The molecule has 4 atom stereocenters. The number of aliphatic hydroxyl groups is 1. The van der Waals surface area contributed by atoms with Gasteiger partial charge in [0.2, 0.25) is 0 Å². The van der Waals surface area contributed by atoms with Crippen LogP contribution in [-0.2, 0) is 19.5 Å². The van der Waals surface area contributed by atoms with E-state index in [1.54, 1.807) is 21.1 Å². The largest absolute Gasteiger partial charge is 0.497 e. The zero-order valence-electron chi connectivity index (χ0n) is 29.6. The number of aryl methyl sites for hydroxylation is 1. The number of ether oxygens (including phenoxy) is 4. The Balaban J connectivity index is 1.56. The number of benzene rings is 3. The monoisotopic (exact) mass is 688 g/mol. The number of hydrogen-bond acceptors (Lipinski definition) is 8. The zero-order chi connectivity index (χ0) is 35.6. The molecule has 1 saturated heterocycles. The van der Waals surface area contributed by atoms with Crippen LogP contribution in [0.5, 0.6) is 11.5 Å². The second-order valence-electron chi connectivity index (χ2n) is 14.1. The maximum absolute atomic E-state index is 12.9. The summed E-state index contributed by atoms with van der Waals surface area (Å²) in [5.74, 6) is 1.40. The number of aromatic nitrogens is 2. The summed E-state index contributed by atoms with van der Waals surface area (Å²) in [6.07, 6.45) is -1.50. The van der Waals surface area contributed by atoms with Gasteiger partial charge in [-0.3, -0.25) is 14.3 Å². The van der Waals surface area contributed by atoms with Gasteiger partial charge in [-0.2, -0.15) is 0 Å². The first kappa shape index (κ1) is 36.3. The summed E-state index contributed by atoms with van der Waals surface area (Å²) in [7, 11) is 0.883. The number of rotatable bonds is 12. The molecule has 262 valence electrons. The Morgan fingerprint density at radius 1 is 0.898 bits per heavy atom. The first-order valence-electron chi connectivity index (χ1n) is 16.5. The molecule has 10 nitrogen and oxygen atoms in total. The Bertz CT molecular complexity index is 1770. The molecule has 0 spiro atoms. The Morgan fingerprint density at radius 2 is 1.43 bits per heavy atom. The zero-order valence-corrected chi connectivity index (χ0v) is 30.6. The molecule has 5 rings (SSSR count). The number of hydrogen-bond donors (Lipinski definition) is 2. The van der Waals surface area contributed by atoms with Crippen LogP contribution in [-0.4, -0.2) is 62.1 Å². The smallest absolute Gasteiger partial charge is 0.330 e. The van der Waals surface area contributed by atoms with Crippen molar-refractivity contribution in [3.8, 4) is 11.5 Å². The molecule has 0 saturated carbocycles. The van der Waals surface area contributed by atoms with Gasteiger partial charge in [0.05, 0.1) is 26.9 Å². The van der Waals surface area contributed by atoms with Crippen LogP contribution in [0.15, 0.2) is 94.6 Å². The lowest BCUT2D eigenvalue weighted by molar-refractivity contribution is -0.121. The van der Waals surface area contributed by atoms with Crippen LogP contribution in [0.3, 0.4) is 0 Å². The number of aromatic amines is 1. The summed E-state index contributed by atoms with van der Waals surface area (Å²) >= 11 is 0. The molecule has 0 radical (unpaired) electrons. The molecule has 3 aromatic carbocycles. The van der Waals surface area contributed by atoms with Gasteiger partial charge in [-0.25, -0.2) is 4.79 Å². The number of H-pyrrole nitrogens is 1. The summed E-state index contributed by atoms with van der Waals surface area (Å²) in [6.45, 7) is 12.2. The third-order valence-electron chi connectivity index (χ3n) is 9.85. The van der Waals surface area contributed by atoms with Crippen molar-refractivity contribution in [1.82, 2.24) is 9.55 Å². The first-order chi connectivity index (χ1) is 23.2. The highest BCUT2D eigenvalue weighted by Crippen LogP contribution is 2.44. The summed E-state index contributed by atoms with van der Waals surface area (Å²) in [4.78, 5) is 27.4. The minimum absolute atomic E-state index is 0.117. The average Bonchev–Trinajstić information content (AvgIpc) is 3.49. The molecule has 0 bridgehead atoms. The molecule has 0 aliphatic carbocycles. The van der Waals surface area contributed by atoms with Crippen molar-refractivity contribution < 1.29 is 28.5 Å². The molecular weight excluding hydrogens is 641 g/mol. The van der Waals surface area contributed by atoms with Crippen molar-refractivity contribution in [3.63, 3.8) is 0 Å². The van der Waals surface area contributed by atoms with E-state index < -0.39 is 49.7 Å². The molecule has 2 N–H and O–H groups in total. The first-order valence-corrected chi connectivity index (χ1v) is 19.4. The number of nitrogens with one attached hydrogen (secondary N) is 1. The molecule has 1 aromatic heterocycles. The number of nitrogens with zero attached hydrogens (tertiary/aromatic N) is 1. The van der Waals surface area contributed by atoms with Crippen molar-refractivity contribution in [2.24, 2.45) is 0 Å². The van der Waals surface area contributed by atoms with E-state index in [1.165, 1.54) is 10.8 Å². The maximum Gasteiger partial charge on any atom is 0.330 e. The van der Waals surface area contributed by atoms with Crippen molar-refractivity contribution in [3.05, 3.63) is 128 Å². The molecule has 2 heterocycles. The highest BCUT2D eigenvalue weighted by atomic mass is 28.4. The van der Waals surface area contributed by atoms with E-state index in [-0.39, 0.29) is 11.6 Å². The Kier molecular flexibility index (Phi) is 10.7. The predicted molar refractivity (Wildman–Crippen MR) is 191 cm³/mol.